The molecule has 2 aromatic carbocycles. The van der Waals surface area contributed by atoms with Gasteiger partial charge < -0.3 is 11.1 Å². The lowest BCUT2D eigenvalue weighted by Gasteiger charge is -2.16. The molecule has 1 unspecified atom stereocenters. The van der Waals surface area contributed by atoms with Gasteiger partial charge in [-0.2, -0.15) is 4.98 Å². The van der Waals surface area contributed by atoms with Crippen molar-refractivity contribution in [3.05, 3.63) is 71.3 Å². The fraction of sp³-hybridized carbons (Fsp3) is 0.273. The van der Waals surface area contributed by atoms with E-state index in [0.29, 0.717) is 5.95 Å². The number of anilines is 2. The first-order valence-corrected chi connectivity index (χ1v) is 9.04. The SMILES string of the molecule is Cc1cccc(-c2cc(NC(C)CCc3ccccc3)nc(N)n2)c1C. The Morgan fingerprint density at radius 3 is 2.54 bits per heavy atom. The second kappa shape index (κ2) is 8.00. The molecule has 1 atom stereocenters. The summed E-state index contributed by atoms with van der Waals surface area (Å²) in [6.45, 7) is 6.38. The maximum Gasteiger partial charge on any atom is 0.222 e. The fourth-order valence-electron chi connectivity index (χ4n) is 3.06. The average molecular weight is 346 g/mol. The van der Waals surface area contributed by atoms with E-state index in [0.717, 1.165) is 29.9 Å². The number of benzene rings is 2. The number of aromatic nitrogens is 2. The maximum atomic E-state index is 5.96. The van der Waals surface area contributed by atoms with Crippen LogP contribution < -0.4 is 11.1 Å². The van der Waals surface area contributed by atoms with E-state index in [-0.39, 0.29) is 6.04 Å². The highest BCUT2D eigenvalue weighted by atomic mass is 15.1. The van der Waals surface area contributed by atoms with Gasteiger partial charge in [0.1, 0.15) is 5.82 Å². The Morgan fingerprint density at radius 1 is 1.00 bits per heavy atom. The van der Waals surface area contributed by atoms with E-state index >= 15 is 0 Å². The molecule has 0 saturated carbocycles. The molecule has 1 aromatic heterocycles. The van der Waals surface area contributed by atoms with Crippen molar-refractivity contribution < 1.29 is 0 Å². The summed E-state index contributed by atoms with van der Waals surface area (Å²) in [5.74, 6) is 1.06. The van der Waals surface area contributed by atoms with Gasteiger partial charge in [0.05, 0.1) is 5.69 Å². The molecule has 0 amide bonds. The van der Waals surface area contributed by atoms with E-state index in [2.05, 4.69) is 72.5 Å². The number of nitrogens with zero attached hydrogens (tertiary/aromatic N) is 2. The number of nitrogen functional groups attached to an aromatic ring is 1. The summed E-state index contributed by atoms with van der Waals surface area (Å²) in [7, 11) is 0. The standard InChI is InChI=1S/C22H26N4/c1-15-8-7-11-19(17(15)3)20-14-21(26-22(23)25-20)24-16(2)12-13-18-9-5-4-6-10-18/h4-11,14,16H,12-13H2,1-3H3,(H3,23,24,25,26). The van der Waals surface area contributed by atoms with Crippen LogP contribution in [-0.4, -0.2) is 16.0 Å². The Bertz CT molecular complexity index is 875. The molecule has 1 heterocycles. The van der Waals surface area contributed by atoms with Gasteiger partial charge in [-0.25, -0.2) is 4.98 Å². The van der Waals surface area contributed by atoms with E-state index in [1.54, 1.807) is 0 Å². The maximum absolute atomic E-state index is 5.96. The van der Waals surface area contributed by atoms with Crippen molar-refractivity contribution in [1.29, 1.82) is 0 Å². The smallest absolute Gasteiger partial charge is 0.222 e. The van der Waals surface area contributed by atoms with E-state index in [1.165, 1.54) is 16.7 Å². The average Bonchev–Trinajstić information content (AvgIpc) is 2.62. The summed E-state index contributed by atoms with van der Waals surface area (Å²) in [5, 5.41) is 3.47. The molecule has 0 radical (unpaired) electrons. The number of nitrogens with two attached hydrogens (primary N) is 1. The molecule has 0 aliphatic heterocycles. The van der Waals surface area contributed by atoms with Crippen molar-refractivity contribution in [2.45, 2.75) is 39.7 Å². The number of aryl methyl sites for hydroxylation is 2. The Labute approximate surface area is 155 Å². The summed E-state index contributed by atoms with van der Waals surface area (Å²) in [6.07, 6.45) is 2.05. The molecule has 134 valence electrons. The third-order valence-electron chi connectivity index (χ3n) is 4.73. The van der Waals surface area contributed by atoms with Crippen LogP contribution in [0.15, 0.2) is 54.6 Å². The molecule has 26 heavy (non-hydrogen) atoms. The van der Waals surface area contributed by atoms with Gasteiger partial charge in [-0.15, -0.1) is 0 Å². The van der Waals surface area contributed by atoms with Gasteiger partial charge in [0.2, 0.25) is 5.95 Å². The minimum Gasteiger partial charge on any atom is -0.368 e. The molecular formula is C22H26N4. The molecule has 0 aliphatic rings. The lowest BCUT2D eigenvalue weighted by molar-refractivity contribution is 0.703. The molecule has 0 bridgehead atoms. The first kappa shape index (κ1) is 17.9. The van der Waals surface area contributed by atoms with Gasteiger partial charge in [0, 0.05) is 17.7 Å². The van der Waals surface area contributed by atoms with Crippen LogP contribution in [0.25, 0.3) is 11.3 Å². The minimum absolute atomic E-state index is 0.288. The zero-order valence-corrected chi connectivity index (χ0v) is 15.7. The molecule has 0 fully saturated rings. The first-order valence-electron chi connectivity index (χ1n) is 9.04. The van der Waals surface area contributed by atoms with Gasteiger partial charge in [-0.1, -0.05) is 48.5 Å². The van der Waals surface area contributed by atoms with Gasteiger partial charge in [-0.3, -0.25) is 0 Å². The molecule has 3 rings (SSSR count). The van der Waals surface area contributed by atoms with E-state index in [4.69, 9.17) is 5.73 Å². The van der Waals surface area contributed by atoms with Crippen molar-refractivity contribution in [1.82, 2.24) is 9.97 Å². The van der Waals surface area contributed by atoms with Crippen molar-refractivity contribution >= 4 is 11.8 Å². The van der Waals surface area contributed by atoms with Crippen LogP contribution in [0.3, 0.4) is 0 Å². The zero-order chi connectivity index (χ0) is 18.5. The van der Waals surface area contributed by atoms with Gasteiger partial charge in [-0.05, 0) is 50.3 Å². The number of hydrogen-bond acceptors (Lipinski definition) is 4. The van der Waals surface area contributed by atoms with Crippen LogP contribution in [-0.2, 0) is 6.42 Å². The first-order chi connectivity index (χ1) is 12.5. The van der Waals surface area contributed by atoms with Crippen molar-refractivity contribution in [3.8, 4) is 11.3 Å². The third-order valence-corrected chi connectivity index (χ3v) is 4.73. The lowest BCUT2D eigenvalue weighted by atomic mass is 10.0. The second-order valence-corrected chi connectivity index (χ2v) is 6.81. The van der Waals surface area contributed by atoms with Crippen LogP contribution >= 0.6 is 0 Å². The molecule has 0 aliphatic carbocycles. The van der Waals surface area contributed by atoms with E-state index < -0.39 is 0 Å². The lowest BCUT2D eigenvalue weighted by Crippen LogP contribution is -2.17. The van der Waals surface area contributed by atoms with Gasteiger partial charge in [0.25, 0.3) is 0 Å². The highest BCUT2D eigenvalue weighted by Crippen LogP contribution is 2.26. The largest absolute Gasteiger partial charge is 0.368 e. The van der Waals surface area contributed by atoms with Crippen LogP contribution in [0, 0.1) is 13.8 Å². The fourth-order valence-corrected chi connectivity index (χ4v) is 3.06. The Balaban J connectivity index is 1.74. The molecule has 0 spiro atoms. The Hall–Kier alpha value is -2.88. The summed E-state index contributed by atoms with van der Waals surface area (Å²) < 4.78 is 0. The normalized spacial score (nSPS) is 12.0. The molecule has 0 saturated heterocycles. The Morgan fingerprint density at radius 2 is 1.77 bits per heavy atom. The zero-order valence-electron chi connectivity index (χ0n) is 15.7. The van der Waals surface area contributed by atoms with Crippen molar-refractivity contribution in [2.75, 3.05) is 11.1 Å². The van der Waals surface area contributed by atoms with E-state index in [9.17, 15) is 0 Å². The highest BCUT2D eigenvalue weighted by molar-refractivity contribution is 5.68. The minimum atomic E-state index is 0.288. The number of nitrogens with one attached hydrogen (secondary N) is 1. The predicted octanol–water partition coefficient (Wildman–Crippen LogP) is 4.78. The molecule has 4 heteroatoms. The quantitative estimate of drug-likeness (QED) is 0.674. The van der Waals surface area contributed by atoms with Crippen LogP contribution in [0.5, 0.6) is 0 Å². The molecular weight excluding hydrogens is 320 g/mol. The van der Waals surface area contributed by atoms with Gasteiger partial charge in [0.15, 0.2) is 0 Å². The van der Waals surface area contributed by atoms with Crippen molar-refractivity contribution in [3.63, 3.8) is 0 Å². The van der Waals surface area contributed by atoms with Crippen LogP contribution in [0.2, 0.25) is 0 Å². The monoisotopic (exact) mass is 346 g/mol. The highest BCUT2D eigenvalue weighted by Gasteiger charge is 2.10. The number of rotatable bonds is 6. The molecule has 4 nitrogen and oxygen atoms in total. The molecule has 3 N–H and O–H groups in total. The van der Waals surface area contributed by atoms with Crippen molar-refractivity contribution in [2.24, 2.45) is 0 Å². The predicted molar refractivity (Wildman–Crippen MR) is 109 cm³/mol. The van der Waals surface area contributed by atoms with Gasteiger partial charge >= 0.3 is 0 Å². The summed E-state index contributed by atoms with van der Waals surface area (Å²) in [4.78, 5) is 8.80. The number of hydrogen-bond donors (Lipinski definition) is 2. The van der Waals surface area contributed by atoms with E-state index in [1.807, 2.05) is 18.2 Å². The van der Waals surface area contributed by atoms with Crippen LogP contribution in [0.1, 0.15) is 30.0 Å². The second-order valence-electron chi connectivity index (χ2n) is 6.81. The topological polar surface area (TPSA) is 63.8 Å². The summed E-state index contributed by atoms with van der Waals surface area (Å²) in [6, 6.07) is 19.0. The molecule has 3 aromatic rings. The summed E-state index contributed by atoms with van der Waals surface area (Å²) in [5.41, 5.74) is 11.7. The third kappa shape index (κ3) is 4.39. The van der Waals surface area contributed by atoms with Crippen LogP contribution in [0.4, 0.5) is 11.8 Å². The summed E-state index contributed by atoms with van der Waals surface area (Å²) >= 11 is 0. The Kier molecular flexibility index (Phi) is 5.52.